The Morgan fingerprint density at radius 3 is 2.52 bits per heavy atom. The Morgan fingerprint density at radius 2 is 1.79 bits per heavy atom. The van der Waals surface area contributed by atoms with Crippen molar-refractivity contribution in [3.05, 3.63) is 65.2 Å². The highest BCUT2D eigenvalue weighted by atomic mass is 16.5. The number of nitriles is 1. The highest BCUT2D eigenvalue weighted by Crippen LogP contribution is 2.41. The minimum absolute atomic E-state index is 0.112. The van der Waals surface area contributed by atoms with Gasteiger partial charge in [-0.25, -0.2) is 0 Å². The lowest BCUT2D eigenvalue weighted by molar-refractivity contribution is -0.128. The summed E-state index contributed by atoms with van der Waals surface area (Å²) in [4.78, 5) is 17.2. The predicted molar refractivity (Wildman–Crippen MR) is 111 cm³/mol. The highest BCUT2D eigenvalue weighted by molar-refractivity contribution is 5.79. The van der Waals surface area contributed by atoms with Crippen LogP contribution in [0.4, 0.5) is 0 Å². The standard InChI is InChI=1S/C24H27N3O2/c1-29-22-7-3-6-21(13-22)17-27-18-24(14-23(27)28)8-10-26(11-9-24)16-20-5-2-4-19(12-20)15-25/h2-7,12-13H,8-11,14,16-18H2,1H3. The van der Waals surface area contributed by atoms with Crippen molar-refractivity contribution in [1.82, 2.24) is 9.80 Å². The number of carbonyl (C=O) groups is 1. The van der Waals surface area contributed by atoms with Crippen LogP contribution in [-0.4, -0.2) is 42.5 Å². The first kappa shape index (κ1) is 19.5. The largest absolute Gasteiger partial charge is 0.497 e. The van der Waals surface area contributed by atoms with Crippen LogP contribution in [0.3, 0.4) is 0 Å². The van der Waals surface area contributed by atoms with E-state index in [1.54, 1.807) is 7.11 Å². The third kappa shape index (κ3) is 4.44. The lowest BCUT2D eigenvalue weighted by Gasteiger charge is -2.39. The molecule has 2 fully saturated rings. The molecule has 5 heteroatoms. The van der Waals surface area contributed by atoms with E-state index in [0.717, 1.165) is 50.3 Å². The van der Waals surface area contributed by atoms with Crippen molar-refractivity contribution in [2.24, 2.45) is 5.41 Å². The van der Waals surface area contributed by atoms with Crippen LogP contribution in [-0.2, 0) is 17.9 Å². The summed E-state index contributed by atoms with van der Waals surface area (Å²) in [5, 5.41) is 9.08. The fourth-order valence-corrected chi connectivity index (χ4v) is 4.63. The number of benzene rings is 2. The summed E-state index contributed by atoms with van der Waals surface area (Å²) in [5.74, 6) is 1.10. The van der Waals surface area contributed by atoms with Crippen LogP contribution in [0.1, 0.15) is 36.0 Å². The van der Waals surface area contributed by atoms with E-state index >= 15 is 0 Å². The quantitative estimate of drug-likeness (QED) is 0.784. The molecule has 0 N–H and O–H groups in total. The molecule has 0 aromatic heterocycles. The molecule has 2 heterocycles. The van der Waals surface area contributed by atoms with E-state index < -0.39 is 0 Å². The minimum atomic E-state index is 0.112. The van der Waals surface area contributed by atoms with E-state index in [4.69, 9.17) is 10.00 Å². The SMILES string of the molecule is COc1cccc(CN2CC3(CCN(Cc4cccc(C#N)c4)CC3)CC2=O)c1. The van der Waals surface area contributed by atoms with Crippen molar-refractivity contribution in [3.8, 4) is 11.8 Å². The Morgan fingerprint density at radius 1 is 1.07 bits per heavy atom. The van der Waals surface area contributed by atoms with Crippen molar-refractivity contribution in [2.75, 3.05) is 26.7 Å². The molecule has 0 radical (unpaired) electrons. The topological polar surface area (TPSA) is 56.6 Å². The van der Waals surface area contributed by atoms with Gasteiger partial charge < -0.3 is 9.64 Å². The molecule has 0 bridgehead atoms. The second-order valence-electron chi connectivity index (χ2n) is 8.37. The number of carbonyl (C=O) groups excluding carboxylic acids is 1. The first-order chi connectivity index (χ1) is 14.1. The molecule has 2 saturated heterocycles. The Bertz CT molecular complexity index is 926. The molecule has 0 atom stereocenters. The van der Waals surface area contributed by atoms with E-state index in [2.05, 4.69) is 23.1 Å². The average Bonchev–Trinajstić information content (AvgIpc) is 3.05. The van der Waals surface area contributed by atoms with Gasteiger partial charge in [-0.2, -0.15) is 5.26 Å². The van der Waals surface area contributed by atoms with Gasteiger partial charge in [-0.1, -0.05) is 24.3 Å². The van der Waals surface area contributed by atoms with E-state index in [0.29, 0.717) is 18.5 Å². The molecule has 0 saturated carbocycles. The van der Waals surface area contributed by atoms with Gasteiger partial charge in [0.05, 0.1) is 18.7 Å². The molecule has 5 nitrogen and oxygen atoms in total. The maximum absolute atomic E-state index is 12.7. The van der Waals surface area contributed by atoms with Gasteiger partial charge >= 0.3 is 0 Å². The Kier molecular flexibility index (Phi) is 5.55. The van der Waals surface area contributed by atoms with Crippen LogP contribution in [0.15, 0.2) is 48.5 Å². The van der Waals surface area contributed by atoms with Crippen LogP contribution in [0.5, 0.6) is 5.75 Å². The Balaban J connectivity index is 1.34. The van der Waals surface area contributed by atoms with Gasteiger partial charge in [-0.3, -0.25) is 9.69 Å². The molecule has 0 unspecified atom stereocenters. The lowest BCUT2D eigenvalue weighted by atomic mass is 9.77. The van der Waals surface area contributed by atoms with E-state index in [9.17, 15) is 4.79 Å². The number of hydrogen-bond acceptors (Lipinski definition) is 4. The molecule has 4 rings (SSSR count). The fourth-order valence-electron chi connectivity index (χ4n) is 4.63. The zero-order chi connectivity index (χ0) is 20.3. The second-order valence-corrected chi connectivity index (χ2v) is 8.37. The van der Waals surface area contributed by atoms with Crippen LogP contribution >= 0.6 is 0 Å². The van der Waals surface area contributed by atoms with Gasteiger partial charge in [0.2, 0.25) is 5.91 Å². The molecular weight excluding hydrogens is 362 g/mol. The minimum Gasteiger partial charge on any atom is -0.497 e. The summed E-state index contributed by atoms with van der Waals surface area (Å²) in [7, 11) is 1.67. The first-order valence-corrected chi connectivity index (χ1v) is 10.2. The van der Waals surface area contributed by atoms with Crippen molar-refractivity contribution in [3.63, 3.8) is 0 Å². The molecular formula is C24H27N3O2. The fraction of sp³-hybridized carbons (Fsp3) is 0.417. The zero-order valence-corrected chi connectivity index (χ0v) is 16.9. The molecule has 29 heavy (non-hydrogen) atoms. The summed E-state index contributed by atoms with van der Waals surface area (Å²) in [6.07, 6.45) is 2.76. The number of rotatable bonds is 5. The van der Waals surface area contributed by atoms with E-state index in [1.165, 1.54) is 5.56 Å². The molecule has 2 aliphatic heterocycles. The van der Waals surface area contributed by atoms with Crippen molar-refractivity contribution in [1.29, 1.82) is 5.26 Å². The summed E-state index contributed by atoms with van der Waals surface area (Å²) in [5.41, 5.74) is 3.12. The lowest BCUT2D eigenvalue weighted by Crippen LogP contribution is -2.41. The summed E-state index contributed by atoms with van der Waals surface area (Å²) < 4.78 is 5.30. The number of nitrogens with zero attached hydrogens (tertiary/aromatic N) is 3. The summed E-state index contributed by atoms with van der Waals surface area (Å²) in [6, 6.07) is 18.0. The smallest absolute Gasteiger partial charge is 0.223 e. The van der Waals surface area contributed by atoms with Crippen LogP contribution < -0.4 is 4.74 Å². The van der Waals surface area contributed by atoms with E-state index in [1.807, 2.05) is 41.3 Å². The normalized spacial score (nSPS) is 18.8. The number of piperidine rings is 1. The van der Waals surface area contributed by atoms with Crippen LogP contribution in [0.2, 0.25) is 0 Å². The monoisotopic (exact) mass is 389 g/mol. The molecule has 2 aromatic rings. The third-order valence-electron chi connectivity index (χ3n) is 6.29. The maximum Gasteiger partial charge on any atom is 0.223 e. The number of likely N-dealkylation sites (tertiary alicyclic amines) is 2. The number of ether oxygens (including phenoxy) is 1. The Hall–Kier alpha value is -2.84. The van der Waals surface area contributed by atoms with Crippen molar-refractivity contribution < 1.29 is 9.53 Å². The third-order valence-corrected chi connectivity index (χ3v) is 6.29. The average molecular weight is 389 g/mol. The second kappa shape index (κ2) is 8.26. The zero-order valence-electron chi connectivity index (χ0n) is 16.9. The van der Waals surface area contributed by atoms with Gasteiger partial charge in [0.15, 0.2) is 0 Å². The van der Waals surface area contributed by atoms with Gasteiger partial charge in [0.25, 0.3) is 0 Å². The molecule has 1 spiro atoms. The molecule has 0 aliphatic carbocycles. The number of hydrogen-bond donors (Lipinski definition) is 0. The van der Waals surface area contributed by atoms with E-state index in [-0.39, 0.29) is 11.3 Å². The molecule has 2 aliphatic rings. The summed E-state index contributed by atoms with van der Waals surface area (Å²) >= 11 is 0. The van der Waals surface area contributed by atoms with Crippen molar-refractivity contribution in [2.45, 2.75) is 32.4 Å². The molecule has 150 valence electrons. The predicted octanol–water partition coefficient (Wildman–Crippen LogP) is 3.58. The summed E-state index contributed by atoms with van der Waals surface area (Å²) in [6.45, 7) is 4.37. The van der Waals surface area contributed by atoms with Crippen LogP contribution in [0, 0.1) is 16.7 Å². The Labute approximate surface area is 172 Å². The van der Waals surface area contributed by atoms with Gasteiger partial charge in [0, 0.05) is 26.1 Å². The molecule has 1 amide bonds. The van der Waals surface area contributed by atoms with Gasteiger partial charge in [0.1, 0.15) is 5.75 Å². The number of amides is 1. The van der Waals surface area contributed by atoms with Crippen LogP contribution in [0.25, 0.3) is 0 Å². The van der Waals surface area contributed by atoms with Crippen molar-refractivity contribution >= 4 is 5.91 Å². The first-order valence-electron chi connectivity index (χ1n) is 10.2. The number of methoxy groups -OCH3 is 1. The highest BCUT2D eigenvalue weighted by Gasteiger charge is 2.44. The van der Waals surface area contributed by atoms with Gasteiger partial charge in [-0.05, 0) is 66.7 Å². The van der Waals surface area contributed by atoms with Gasteiger partial charge in [-0.15, -0.1) is 0 Å². The molecule has 2 aromatic carbocycles. The maximum atomic E-state index is 12.7.